The maximum absolute atomic E-state index is 11.3. The van der Waals surface area contributed by atoms with E-state index in [-0.39, 0.29) is 11.3 Å². The zero-order valence-corrected chi connectivity index (χ0v) is 12.9. The third kappa shape index (κ3) is 3.29. The molecule has 3 N–H and O–H groups in total. The van der Waals surface area contributed by atoms with Gasteiger partial charge in [0.15, 0.2) is 5.69 Å². The van der Waals surface area contributed by atoms with E-state index in [1.54, 1.807) is 18.2 Å². The van der Waals surface area contributed by atoms with Crippen molar-refractivity contribution in [2.45, 2.75) is 13.8 Å². The minimum Gasteiger partial charge on any atom is -0.366 e. The number of nitrogens with one attached hydrogen (secondary N) is 1. The van der Waals surface area contributed by atoms with E-state index >= 15 is 0 Å². The van der Waals surface area contributed by atoms with Crippen molar-refractivity contribution in [1.29, 1.82) is 0 Å². The summed E-state index contributed by atoms with van der Waals surface area (Å²) in [5.74, 6) is -0.987. The minimum absolute atomic E-state index is 0.306. The number of aryl methyl sites for hydroxylation is 2. The molecular weight excluding hydrogens is 316 g/mol. The molecule has 0 bridgehead atoms. The number of hydrogen-bond donors (Lipinski definition) is 2. The Hall–Kier alpha value is -3.49. The van der Waals surface area contributed by atoms with Gasteiger partial charge in [0.2, 0.25) is 5.91 Å². The van der Waals surface area contributed by atoms with Crippen molar-refractivity contribution in [2.75, 3.05) is 5.32 Å². The lowest BCUT2D eigenvalue weighted by molar-refractivity contribution is -0.392. The number of anilines is 2. The van der Waals surface area contributed by atoms with Gasteiger partial charge in [-0.05, 0) is 37.1 Å². The molecule has 0 spiro atoms. The maximum Gasteiger partial charge on any atom is 0.300 e. The van der Waals surface area contributed by atoms with E-state index in [0.29, 0.717) is 5.69 Å². The summed E-state index contributed by atoms with van der Waals surface area (Å²) >= 11 is 0. The van der Waals surface area contributed by atoms with Crippen molar-refractivity contribution in [2.24, 2.45) is 5.73 Å². The highest BCUT2D eigenvalue weighted by Crippen LogP contribution is 2.38. The highest BCUT2D eigenvalue weighted by atomic mass is 16.6. The Labute approximate surface area is 136 Å². The number of nitrogens with zero attached hydrogens (tertiary/aromatic N) is 2. The lowest BCUT2D eigenvalue weighted by Crippen LogP contribution is -2.13. The second-order valence-corrected chi connectivity index (χ2v) is 5.19. The fraction of sp³-hybridized carbons (Fsp3) is 0.133. The molecule has 0 aliphatic carbocycles. The number of nitro groups is 2. The van der Waals surface area contributed by atoms with Crippen LogP contribution >= 0.6 is 0 Å². The minimum atomic E-state index is -0.987. The Morgan fingerprint density at radius 1 is 1.00 bits per heavy atom. The van der Waals surface area contributed by atoms with Gasteiger partial charge in [0.1, 0.15) is 0 Å². The van der Waals surface area contributed by atoms with Crippen molar-refractivity contribution >= 4 is 28.7 Å². The van der Waals surface area contributed by atoms with Crippen molar-refractivity contribution < 1.29 is 14.6 Å². The van der Waals surface area contributed by atoms with Gasteiger partial charge in [-0.2, -0.15) is 0 Å². The summed E-state index contributed by atoms with van der Waals surface area (Å²) in [5.41, 5.74) is 5.65. The molecular formula is C15H14N4O5. The van der Waals surface area contributed by atoms with Gasteiger partial charge in [-0.1, -0.05) is 6.07 Å². The second-order valence-electron chi connectivity index (χ2n) is 5.19. The van der Waals surface area contributed by atoms with Crippen LogP contribution in [0.4, 0.5) is 22.7 Å². The highest BCUT2D eigenvalue weighted by Gasteiger charge is 2.28. The van der Waals surface area contributed by atoms with Gasteiger partial charge in [-0.25, -0.2) is 0 Å². The average Bonchev–Trinajstić information content (AvgIpc) is 2.50. The molecule has 9 heteroatoms. The van der Waals surface area contributed by atoms with E-state index in [1.165, 1.54) is 0 Å². The molecule has 0 unspecified atom stereocenters. The fourth-order valence-electron chi connectivity index (χ4n) is 2.13. The molecule has 2 rings (SSSR count). The van der Waals surface area contributed by atoms with Gasteiger partial charge >= 0.3 is 11.4 Å². The Morgan fingerprint density at radius 2 is 1.54 bits per heavy atom. The average molecular weight is 330 g/mol. The summed E-state index contributed by atoms with van der Waals surface area (Å²) in [6, 6.07) is 6.98. The van der Waals surface area contributed by atoms with Gasteiger partial charge in [0.05, 0.1) is 15.4 Å². The summed E-state index contributed by atoms with van der Waals surface area (Å²) in [6.45, 7) is 3.74. The van der Waals surface area contributed by atoms with Gasteiger partial charge in [0.25, 0.3) is 0 Å². The summed E-state index contributed by atoms with van der Waals surface area (Å²) in [4.78, 5) is 32.2. The molecule has 0 aliphatic rings. The molecule has 0 aliphatic heterocycles. The molecule has 2 aromatic rings. The van der Waals surface area contributed by atoms with E-state index in [2.05, 4.69) is 5.32 Å². The van der Waals surface area contributed by atoms with Crippen molar-refractivity contribution in [1.82, 2.24) is 0 Å². The number of primary amides is 1. The molecule has 0 fully saturated rings. The van der Waals surface area contributed by atoms with Crippen molar-refractivity contribution in [3.63, 3.8) is 0 Å². The Balaban J connectivity index is 2.65. The number of rotatable bonds is 5. The molecule has 0 aromatic heterocycles. The number of carbonyl (C=O) groups excluding carboxylic acids is 1. The number of carbonyl (C=O) groups is 1. The smallest absolute Gasteiger partial charge is 0.300 e. The van der Waals surface area contributed by atoms with Crippen LogP contribution in [0.15, 0.2) is 30.3 Å². The molecule has 0 heterocycles. The van der Waals surface area contributed by atoms with Crippen LogP contribution in [0, 0.1) is 34.1 Å². The summed E-state index contributed by atoms with van der Waals surface area (Å²) in [7, 11) is 0. The van der Waals surface area contributed by atoms with Crippen LogP contribution in [-0.4, -0.2) is 15.8 Å². The number of nitrogens with two attached hydrogens (primary N) is 1. The number of hydrogen-bond acceptors (Lipinski definition) is 6. The largest absolute Gasteiger partial charge is 0.366 e. The molecule has 9 nitrogen and oxygen atoms in total. The zero-order chi connectivity index (χ0) is 18.0. The van der Waals surface area contributed by atoms with Crippen LogP contribution in [0.2, 0.25) is 0 Å². The van der Waals surface area contributed by atoms with E-state index < -0.39 is 27.1 Å². The van der Waals surface area contributed by atoms with Crippen molar-refractivity contribution in [3.05, 3.63) is 67.3 Å². The maximum atomic E-state index is 11.3. The fourth-order valence-corrected chi connectivity index (χ4v) is 2.13. The third-order valence-electron chi connectivity index (χ3n) is 3.55. The normalized spacial score (nSPS) is 10.2. The number of nitro benzene ring substituents is 2. The first kappa shape index (κ1) is 16.9. The van der Waals surface area contributed by atoms with Gasteiger partial charge in [-0.15, -0.1) is 0 Å². The lowest BCUT2D eigenvalue weighted by Gasteiger charge is -2.10. The Kier molecular flexibility index (Phi) is 4.45. The van der Waals surface area contributed by atoms with Crippen LogP contribution < -0.4 is 11.1 Å². The summed E-state index contributed by atoms with van der Waals surface area (Å²) < 4.78 is 0. The van der Waals surface area contributed by atoms with E-state index in [1.807, 2.05) is 13.8 Å². The van der Waals surface area contributed by atoms with Gasteiger partial charge < -0.3 is 11.1 Å². The number of benzene rings is 2. The summed E-state index contributed by atoms with van der Waals surface area (Å²) in [5, 5.41) is 25.2. The molecule has 124 valence electrons. The quantitative estimate of drug-likeness (QED) is 0.637. The van der Waals surface area contributed by atoms with Gasteiger partial charge in [-0.3, -0.25) is 25.0 Å². The van der Waals surface area contributed by atoms with Crippen molar-refractivity contribution in [3.8, 4) is 0 Å². The summed E-state index contributed by atoms with van der Waals surface area (Å²) in [6.07, 6.45) is 0. The molecule has 2 aromatic carbocycles. The van der Waals surface area contributed by atoms with Crippen LogP contribution in [0.5, 0.6) is 0 Å². The molecule has 1 amide bonds. The monoisotopic (exact) mass is 330 g/mol. The predicted molar refractivity (Wildman–Crippen MR) is 87.5 cm³/mol. The standard InChI is InChI=1S/C15H14N4O5/c1-8-3-4-11(5-9(8)2)17-14-12(18(21)22)6-10(15(16)20)7-13(14)19(23)24/h3-7,17H,1-2H3,(H2,16,20). The molecule has 0 atom stereocenters. The lowest BCUT2D eigenvalue weighted by atomic mass is 10.1. The Morgan fingerprint density at radius 3 is 1.96 bits per heavy atom. The first-order valence-electron chi connectivity index (χ1n) is 6.81. The Bertz CT molecular complexity index is 828. The van der Waals surface area contributed by atoms with Gasteiger partial charge in [0, 0.05) is 17.8 Å². The van der Waals surface area contributed by atoms with E-state index in [4.69, 9.17) is 5.73 Å². The van der Waals surface area contributed by atoms with Crippen LogP contribution in [0.3, 0.4) is 0 Å². The zero-order valence-electron chi connectivity index (χ0n) is 12.9. The third-order valence-corrected chi connectivity index (χ3v) is 3.55. The number of amides is 1. The molecule has 0 saturated heterocycles. The van der Waals surface area contributed by atoms with Crippen LogP contribution in [0.25, 0.3) is 0 Å². The first-order chi connectivity index (χ1) is 11.2. The SMILES string of the molecule is Cc1ccc(Nc2c([N+](=O)[O-])cc(C(N)=O)cc2[N+](=O)[O-])cc1C. The molecule has 0 saturated carbocycles. The highest BCUT2D eigenvalue weighted by molar-refractivity contribution is 5.96. The molecule has 0 radical (unpaired) electrons. The predicted octanol–water partition coefficient (Wildman–Crippen LogP) is 2.96. The van der Waals surface area contributed by atoms with Crippen LogP contribution in [0.1, 0.15) is 21.5 Å². The first-order valence-corrected chi connectivity index (χ1v) is 6.81. The molecule has 24 heavy (non-hydrogen) atoms. The second kappa shape index (κ2) is 6.32. The van der Waals surface area contributed by atoms with E-state index in [9.17, 15) is 25.0 Å². The van der Waals surface area contributed by atoms with E-state index in [0.717, 1.165) is 23.3 Å². The van der Waals surface area contributed by atoms with Crippen LogP contribution in [-0.2, 0) is 0 Å². The topological polar surface area (TPSA) is 141 Å².